The van der Waals surface area contributed by atoms with E-state index in [4.69, 9.17) is 0 Å². The van der Waals surface area contributed by atoms with Crippen LogP contribution in [-0.4, -0.2) is 24.9 Å². The van der Waals surface area contributed by atoms with Gasteiger partial charge >= 0.3 is 0 Å². The Morgan fingerprint density at radius 2 is 2.06 bits per heavy atom. The van der Waals surface area contributed by atoms with Crippen LogP contribution in [0.3, 0.4) is 0 Å². The Bertz CT molecular complexity index is 569. The predicted molar refractivity (Wildman–Crippen MR) is 76.4 cm³/mol. The van der Waals surface area contributed by atoms with Gasteiger partial charge in [-0.15, -0.1) is 0 Å². The van der Waals surface area contributed by atoms with Crippen molar-refractivity contribution in [2.45, 2.75) is 20.3 Å². The summed E-state index contributed by atoms with van der Waals surface area (Å²) in [7, 11) is 4.02. The third-order valence-electron chi connectivity index (χ3n) is 3.45. The van der Waals surface area contributed by atoms with Crippen molar-refractivity contribution < 1.29 is 4.79 Å². The number of carbonyl (C=O) groups excluding carboxylic acids is 1. The molecule has 1 N–H and O–H groups in total. The average Bonchev–Trinajstić information content (AvgIpc) is 2.79. The van der Waals surface area contributed by atoms with Gasteiger partial charge in [-0.2, -0.15) is 0 Å². The van der Waals surface area contributed by atoms with Crippen LogP contribution < -0.4 is 4.90 Å². The monoisotopic (exact) mass is 244 g/mol. The van der Waals surface area contributed by atoms with Crippen molar-refractivity contribution in [1.29, 1.82) is 0 Å². The van der Waals surface area contributed by atoms with Gasteiger partial charge < -0.3 is 9.88 Å². The summed E-state index contributed by atoms with van der Waals surface area (Å²) in [6, 6.07) is 8.13. The first kappa shape index (κ1) is 12.7. The number of hydrogen-bond acceptors (Lipinski definition) is 2. The summed E-state index contributed by atoms with van der Waals surface area (Å²) >= 11 is 0. The summed E-state index contributed by atoms with van der Waals surface area (Å²) in [4.78, 5) is 17.4. The lowest BCUT2D eigenvalue weighted by Crippen LogP contribution is -2.10. The van der Waals surface area contributed by atoms with E-state index >= 15 is 0 Å². The second kappa shape index (κ2) is 4.84. The van der Waals surface area contributed by atoms with Gasteiger partial charge in [0.2, 0.25) is 0 Å². The van der Waals surface area contributed by atoms with Crippen LogP contribution in [0.25, 0.3) is 10.9 Å². The molecule has 0 saturated carbocycles. The molecule has 1 unspecified atom stereocenters. The summed E-state index contributed by atoms with van der Waals surface area (Å²) < 4.78 is 0. The van der Waals surface area contributed by atoms with Gasteiger partial charge in [0.15, 0.2) is 5.78 Å². The molecule has 0 saturated heterocycles. The Hall–Kier alpha value is -1.77. The fourth-order valence-electron chi connectivity index (χ4n) is 1.98. The van der Waals surface area contributed by atoms with E-state index in [9.17, 15) is 4.79 Å². The summed E-state index contributed by atoms with van der Waals surface area (Å²) in [5, 5.41) is 1.09. The van der Waals surface area contributed by atoms with Crippen molar-refractivity contribution >= 4 is 22.4 Å². The van der Waals surface area contributed by atoms with Crippen molar-refractivity contribution in [3.05, 3.63) is 30.0 Å². The van der Waals surface area contributed by atoms with Crippen LogP contribution in [-0.2, 0) is 0 Å². The number of benzene rings is 1. The van der Waals surface area contributed by atoms with E-state index in [0.29, 0.717) is 0 Å². The Morgan fingerprint density at radius 3 is 2.67 bits per heavy atom. The van der Waals surface area contributed by atoms with Crippen LogP contribution in [0.2, 0.25) is 0 Å². The third-order valence-corrected chi connectivity index (χ3v) is 3.45. The topological polar surface area (TPSA) is 36.1 Å². The van der Waals surface area contributed by atoms with Crippen LogP contribution in [0, 0.1) is 5.92 Å². The fourth-order valence-corrected chi connectivity index (χ4v) is 1.98. The van der Waals surface area contributed by atoms with Gasteiger partial charge in [0, 0.05) is 36.6 Å². The maximum Gasteiger partial charge on any atom is 0.181 e. The number of carbonyl (C=O) groups is 1. The normalized spacial score (nSPS) is 12.7. The first-order valence-electron chi connectivity index (χ1n) is 6.37. The van der Waals surface area contributed by atoms with E-state index in [-0.39, 0.29) is 11.7 Å². The van der Waals surface area contributed by atoms with E-state index in [2.05, 4.69) is 28.1 Å². The number of anilines is 1. The standard InChI is InChI=1S/C15H20N2O/c1-5-10(2)15(18)14-8-11-6-7-12(17(3)4)9-13(11)16-14/h6-10,16H,5H2,1-4H3. The number of ketones is 1. The molecule has 18 heavy (non-hydrogen) atoms. The number of aromatic nitrogens is 1. The molecule has 0 aliphatic heterocycles. The largest absolute Gasteiger partial charge is 0.378 e. The molecule has 0 aliphatic rings. The van der Waals surface area contributed by atoms with Crippen molar-refractivity contribution in [1.82, 2.24) is 4.98 Å². The summed E-state index contributed by atoms with van der Waals surface area (Å²) in [6.07, 6.45) is 0.872. The van der Waals surface area contributed by atoms with E-state index in [1.165, 1.54) is 0 Å². The maximum absolute atomic E-state index is 12.1. The van der Waals surface area contributed by atoms with E-state index in [0.717, 1.165) is 28.7 Å². The smallest absolute Gasteiger partial charge is 0.181 e. The molecule has 96 valence electrons. The molecule has 0 fully saturated rings. The second-order valence-electron chi connectivity index (χ2n) is 5.02. The molecular formula is C15H20N2O. The summed E-state index contributed by atoms with van der Waals surface area (Å²) in [5.41, 5.74) is 2.87. The first-order chi connectivity index (χ1) is 8.52. The zero-order valence-electron chi connectivity index (χ0n) is 11.4. The van der Waals surface area contributed by atoms with E-state index in [1.807, 2.05) is 34.0 Å². The highest BCUT2D eigenvalue weighted by atomic mass is 16.1. The average molecular weight is 244 g/mol. The second-order valence-corrected chi connectivity index (χ2v) is 5.02. The van der Waals surface area contributed by atoms with Gasteiger partial charge in [-0.1, -0.05) is 19.9 Å². The molecule has 0 amide bonds. The first-order valence-corrected chi connectivity index (χ1v) is 6.37. The SMILES string of the molecule is CCC(C)C(=O)c1cc2ccc(N(C)C)cc2[nH]1. The van der Waals surface area contributed by atoms with Crippen LogP contribution in [0.4, 0.5) is 5.69 Å². The number of Topliss-reactive ketones (excluding diaryl/α,β-unsaturated/α-hetero) is 1. The molecule has 3 nitrogen and oxygen atoms in total. The minimum absolute atomic E-state index is 0.0754. The number of hydrogen-bond donors (Lipinski definition) is 1. The fraction of sp³-hybridized carbons (Fsp3) is 0.400. The number of aromatic amines is 1. The Labute approximate surface area is 108 Å². The lowest BCUT2D eigenvalue weighted by molar-refractivity contribution is 0.0923. The lowest BCUT2D eigenvalue weighted by atomic mass is 10.0. The van der Waals surface area contributed by atoms with Crippen molar-refractivity contribution in [3.8, 4) is 0 Å². The minimum Gasteiger partial charge on any atom is -0.378 e. The molecular weight excluding hydrogens is 224 g/mol. The van der Waals surface area contributed by atoms with Crippen molar-refractivity contribution in [2.24, 2.45) is 5.92 Å². The molecule has 0 radical (unpaired) electrons. The van der Waals surface area contributed by atoms with Crippen LogP contribution >= 0.6 is 0 Å². The maximum atomic E-state index is 12.1. The van der Waals surface area contributed by atoms with Gasteiger partial charge in [-0.3, -0.25) is 4.79 Å². The molecule has 3 heteroatoms. The summed E-state index contributed by atoms with van der Waals surface area (Å²) in [6.45, 7) is 4.01. The van der Waals surface area contributed by atoms with Crippen LogP contribution in [0.1, 0.15) is 30.8 Å². The highest BCUT2D eigenvalue weighted by molar-refractivity contribution is 6.01. The van der Waals surface area contributed by atoms with Gasteiger partial charge in [-0.25, -0.2) is 0 Å². The highest BCUT2D eigenvalue weighted by Gasteiger charge is 2.15. The number of nitrogens with zero attached hydrogens (tertiary/aromatic N) is 1. The number of H-pyrrole nitrogens is 1. The molecule has 2 aromatic rings. The molecule has 0 bridgehead atoms. The Balaban J connectivity index is 2.41. The van der Waals surface area contributed by atoms with Crippen molar-refractivity contribution in [3.63, 3.8) is 0 Å². The Kier molecular flexibility index (Phi) is 3.41. The van der Waals surface area contributed by atoms with Crippen molar-refractivity contribution in [2.75, 3.05) is 19.0 Å². The number of rotatable bonds is 4. The summed E-state index contributed by atoms with van der Waals surface area (Å²) in [5.74, 6) is 0.270. The quantitative estimate of drug-likeness (QED) is 0.836. The van der Waals surface area contributed by atoms with Gasteiger partial charge in [0.1, 0.15) is 0 Å². The molecule has 1 aromatic carbocycles. The van der Waals surface area contributed by atoms with E-state index in [1.54, 1.807) is 0 Å². The molecule has 1 atom stereocenters. The molecule has 0 spiro atoms. The Morgan fingerprint density at radius 1 is 1.33 bits per heavy atom. The number of nitrogens with one attached hydrogen (secondary N) is 1. The zero-order valence-corrected chi connectivity index (χ0v) is 11.4. The molecule has 1 aromatic heterocycles. The third kappa shape index (κ3) is 2.26. The van der Waals surface area contributed by atoms with Crippen LogP contribution in [0.15, 0.2) is 24.3 Å². The van der Waals surface area contributed by atoms with E-state index < -0.39 is 0 Å². The zero-order chi connectivity index (χ0) is 13.3. The lowest BCUT2D eigenvalue weighted by Gasteiger charge is -2.11. The molecule has 1 heterocycles. The molecule has 0 aliphatic carbocycles. The molecule has 2 rings (SSSR count). The minimum atomic E-state index is 0.0754. The predicted octanol–water partition coefficient (Wildman–Crippen LogP) is 3.46. The van der Waals surface area contributed by atoms with Gasteiger partial charge in [-0.05, 0) is 24.6 Å². The number of fused-ring (bicyclic) bond motifs is 1. The van der Waals surface area contributed by atoms with Crippen LogP contribution in [0.5, 0.6) is 0 Å². The van der Waals surface area contributed by atoms with Gasteiger partial charge in [0.05, 0.1) is 5.69 Å². The van der Waals surface area contributed by atoms with Gasteiger partial charge in [0.25, 0.3) is 0 Å². The highest BCUT2D eigenvalue weighted by Crippen LogP contribution is 2.23.